The molecule has 1 fully saturated rings. The molecule has 0 saturated heterocycles. The summed E-state index contributed by atoms with van der Waals surface area (Å²) in [5.41, 5.74) is 0.226. The molecule has 1 aliphatic rings. The molecule has 0 unspecified atom stereocenters. The zero-order valence-corrected chi connectivity index (χ0v) is 17.2. The van der Waals surface area contributed by atoms with Crippen LogP contribution in [0, 0.1) is 23.3 Å². The Labute approximate surface area is 176 Å². The summed E-state index contributed by atoms with van der Waals surface area (Å²) >= 11 is 0. The monoisotopic (exact) mass is 444 g/mol. The van der Waals surface area contributed by atoms with Gasteiger partial charge in [0.05, 0.1) is 0 Å². The minimum Gasteiger partial charge on any atom is -0.207 e. The van der Waals surface area contributed by atoms with Crippen molar-refractivity contribution in [3.63, 3.8) is 0 Å². The summed E-state index contributed by atoms with van der Waals surface area (Å²) in [4.78, 5) is 0. The summed E-state index contributed by atoms with van der Waals surface area (Å²) in [6, 6.07) is 4.80. The molecule has 1 saturated carbocycles. The molecule has 0 bridgehead atoms. The van der Waals surface area contributed by atoms with Gasteiger partial charge in [-0.2, -0.15) is 13.2 Å². The van der Waals surface area contributed by atoms with Gasteiger partial charge in [0, 0.05) is 17.2 Å². The second kappa shape index (κ2) is 9.05. The van der Waals surface area contributed by atoms with Crippen molar-refractivity contribution in [1.29, 1.82) is 0 Å². The predicted molar refractivity (Wildman–Crippen MR) is 106 cm³/mol. The van der Waals surface area contributed by atoms with Crippen molar-refractivity contribution in [2.75, 3.05) is 0 Å². The van der Waals surface area contributed by atoms with Crippen LogP contribution in [0.25, 0.3) is 6.08 Å². The van der Waals surface area contributed by atoms with Gasteiger partial charge in [0.2, 0.25) is 0 Å². The zero-order chi connectivity index (χ0) is 22.9. The molecular weight excluding hydrogens is 421 g/mol. The van der Waals surface area contributed by atoms with Crippen LogP contribution in [-0.4, -0.2) is 6.18 Å². The van der Waals surface area contributed by atoms with E-state index in [0.717, 1.165) is 12.1 Å². The summed E-state index contributed by atoms with van der Waals surface area (Å²) in [5, 5.41) is 0. The van der Waals surface area contributed by atoms with Gasteiger partial charge in [0.1, 0.15) is 23.3 Å². The minimum atomic E-state index is -4.67. The summed E-state index contributed by atoms with van der Waals surface area (Å²) in [7, 11) is 0. The highest BCUT2D eigenvalue weighted by atomic mass is 19.4. The van der Waals surface area contributed by atoms with Crippen LogP contribution in [0.1, 0.15) is 79.5 Å². The van der Waals surface area contributed by atoms with E-state index in [2.05, 4.69) is 0 Å². The third-order valence-electron chi connectivity index (χ3n) is 5.92. The topological polar surface area (TPSA) is 0 Å². The van der Waals surface area contributed by atoms with Crippen molar-refractivity contribution in [3.05, 3.63) is 75.9 Å². The van der Waals surface area contributed by atoms with Crippen LogP contribution in [0.2, 0.25) is 0 Å². The van der Waals surface area contributed by atoms with Crippen molar-refractivity contribution < 1.29 is 30.7 Å². The maximum atomic E-state index is 14.6. The second-order valence-electron chi connectivity index (χ2n) is 8.37. The van der Waals surface area contributed by atoms with E-state index in [1.807, 2.05) is 13.8 Å². The van der Waals surface area contributed by atoms with Crippen LogP contribution in [0.5, 0.6) is 0 Å². The summed E-state index contributed by atoms with van der Waals surface area (Å²) in [6.45, 7) is 3.70. The molecule has 0 aliphatic heterocycles. The van der Waals surface area contributed by atoms with E-state index in [9.17, 15) is 30.7 Å². The Bertz CT molecular complexity index is 918. The van der Waals surface area contributed by atoms with E-state index in [-0.39, 0.29) is 29.4 Å². The highest BCUT2D eigenvalue weighted by Crippen LogP contribution is 2.43. The lowest BCUT2D eigenvalue weighted by Crippen LogP contribution is -2.15. The van der Waals surface area contributed by atoms with Crippen LogP contribution in [-0.2, 0) is 0 Å². The smallest absolute Gasteiger partial charge is 0.207 e. The molecule has 0 heterocycles. The molecule has 0 amide bonds. The minimum absolute atomic E-state index is 0.00692. The van der Waals surface area contributed by atoms with E-state index in [1.165, 1.54) is 12.1 Å². The lowest BCUT2D eigenvalue weighted by Gasteiger charge is -2.30. The summed E-state index contributed by atoms with van der Waals surface area (Å²) < 4.78 is 94.4. The Kier molecular flexibility index (Phi) is 6.82. The van der Waals surface area contributed by atoms with Gasteiger partial charge in [0.25, 0.3) is 0 Å². The van der Waals surface area contributed by atoms with Gasteiger partial charge in [-0.1, -0.05) is 13.8 Å². The van der Waals surface area contributed by atoms with Gasteiger partial charge >= 0.3 is 6.18 Å². The zero-order valence-electron chi connectivity index (χ0n) is 17.2. The summed E-state index contributed by atoms with van der Waals surface area (Å²) in [6.07, 6.45) is -2.70. The highest BCUT2D eigenvalue weighted by Gasteiger charge is 2.29. The maximum absolute atomic E-state index is 14.6. The summed E-state index contributed by atoms with van der Waals surface area (Å²) in [5.74, 6) is -3.87. The first-order chi connectivity index (χ1) is 14.5. The Morgan fingerprint density at radius 3 is 1.71 bits per heavy atom. The molecule has 0 spiro atoms. The highest BCUT2D eigenvalue weighted by molar-refractivity contribution is 5.52. The lowest BCUT2D eigenvalue weighted by molar-refractivity contribution is -0.0790. The van der Waals surface area contributed by atoms with E-state index >= 15 is 0 Å². The van der Waals surface area contributed by atoms with Gasteiger partial charge in [-0.15, -0.1) is 0 Å². The Hall–Kier alpha value is -2.31. The van der Waals surface area contributed by atoms with E-state index in [1.54, 1.807) is 0 Å². The molecule has 2 aromatic rings. The molecule has 168 valence electrons. The fourth-order valence-electron chi connectivity index (χ4n) is 4.22. The van der Waals surface area contributed by atoms with E-state index in [0.29, 0.717) is 42.9 Å². The molecule has 31 heavy (non-hydrogen) atoms. The molecule has 0 aromatic heterocycles. The fourth-order valence-corrected chi connectivity index (χ4v) is 4.22. The molecule has 1 aliphatic carbocycles. The van der Waals surface area contributed by atoms with Crippen LogP contribution < -0.4 is 0 Å². The van der Waals surface area contributed by atoms with Crippen LogP contribution >= 0.6 is 0 Å². The predicted octanol–water partition coefficient (Wildman–Crippen LogP) is 8.38. The number of alkyl halides is 3. The SMILES string of the molecule is CC(C)c1cc(F)c(C2CCC(c3cc(F)c(/C=C/C(F)(F)F)c(F)c3)CC2)c(F)c1. The second-order valence-corrected chi connectivity index (χ2v) is 8.37. The van der Waals surface area contributed by atoms with Crippen molar-refractivity contribution >= 4 is 6.08 Å². The molecule has 0 N–H and O–H groups in total. The standard InChI is InChI=1S/C24H23F7/c1-13(2)16-9-21(27)23(22(28)10-16)15-5-3-14(4-6-15)17-11-19(25)18(20(26)12-17)7-8-24(29,30)31/h7-15H,3-6H2,1-2H3/b8-7+. The first kappa shape index (κ1) is 23.4. The number of hydrogen-bond donors (Lipinski definition) is 0. The van der Waals surface area contributed by atoms with Gasteiger partial charge in [0.15, 0.2) is 0 Å². The number of rotatable bonds is 4. The first-order valence-electron chi connectivity index (χ1n) is 10.2. The number of halogens is 7. The quantitative estimate of drug-likeness (QED) is 0.416. The molecular formula is C24H23F7. The fraction of sp³-hybridized carbons (Fsp3) is 0.417. The maximum Gasteiger partial charge on any atom is 0.409 e. The molecule has 7 heteroatoms. The van der Waals surface area contributed by atoms with Gasteiger partial charge in [-0.3, -0.25) is 0 Å². The Morgan fingerprint density at radius 1 is 0.774 bits per heavy atom. The number of hydrogen-bond acceptors (Lipinski definition) is 0. The van der Waals surface area contributed by atoms with Crippen molar-refractivity contribution in [1.82, 2.24) is 0 Å². The molecule has 2 aromatic carbocycles. The molecule has 3 rings (SSSR count). The third kappa shape index (κ3) is 5.49. The Balaban J connectivity index is 1.75. The van der Waals surface area contributed by atoms with Crippen LogP contribution in [0.4, 0.5) is 30.7 Å². The number of benzene rings is 2. The van der Waals surface area contributed by atoms with E-state index in [4.69, 9.17) is 0 Å². The van der Waals surface area contributed by atoms with Crippen molar-refractivity contribution in [3.8, 4) is 0 Å². The molecule has 0 nitrogen and oxygen atoms in total. The average molecular weight is 444 g/mol. The van der Waals surface area contributed by atoms with Crippen LogP contribution in [0.15, 0.2) is 30.3 Å². The third-order valence-corrected chi connectivity index (χ3v) is 5.92. The van der Waals surface area contributed by atoms with Gasteiger partial charge < -0.3 is 0 Å². The van der Waals surface area contributed by atoms with Crippen molar-refractivity contribution in [2.45, 2.75) is 63.5 Å². The van der Waals surface area contributed by atoms with Crippen LogP contribution in [0.3, 0.4) is 0 Å². The van der Waals surface area contributed by atoms with Gasteiger partial charge in [-0.25, -0.2) is 17.6 Å². The largest absolute Gasteiger partial charge is 0.409 e. The lowest BCUT2D eigenvalue weighted by atomic mass is 9.75. The molecule has 0 atom stereocenters. The average Bonchev–Trinajstić information content (AvgIpc) is 2.66. The molecule has 0 radical (unpaired) electrons. The van der Waals surface area contributed by atoms with E-state index < -0.39 is 35.0 Å². The van der Waals surface area contributed by atoms with Crippen molar-refractivity contribution in [2.24, 2.45) is 0 Å². The van der Waals surface area contributed by atoms with Gasteiger partial charge in [-0.05, 0) is 84.9 Å². The number of allylic oxidation sites excluding steroid dienone is 1. The Morgan fingerprint density at radius 2 is 1.26 bits per heavy atom. The first-order valence-corrected chi connectivity index (χ1v) is 10.2. The normalized spacial score (nSPS) is 20.1.